The predicted octanol–water partition coefficient (Wildman–Crippen LogP) is 4.13. The Labute approximate surface area is 182 Å². The number of carbonyl (C=O) groups is 2. The summed E-state index contributed by atoms with van der Waals surface area (Å²) >= 11 is 0. The Bertz CT molecular complexity index is 998. The number of likely N-dealkylation sites (N-methyl/N-ethyl adjacent to an activating group) is 1. The van der Waals surface area contributed by atoms with Gasteiger partial charge in [-0.25, -0.2) is 4.79 Å². The third-order valence-corrected chi connectivity index (χ3v) is 5.41. The zero-order valence-corrected chi connectivity index (χ0v) is 18.4. The van der Waals surface area contributed by atoms with Crippen molar-refractivity contribution >= 4 is 17.7 Å². The molecule has 0 fully saturated rings. The highest BCUT2D eigenvalue weighted by atomic mass is 16.7. The number of anilines is 1. The molecule has 0 bridgehead atoms. The minimum atomic E-state index is -0.657. The number of carbonyl (C=O) groups excluding carboxylic acids is 2. The van der Waals surface area contributed by atoms with E-state index in [0.717, 1.165) is 11.1 Å². The number of amides is 2. The molecule has 1 atom stereocenters. The lowest BCUT2D eigenvalue weighted by molar-refractivity contribution is -0.124. The van der Waals surface area contributed by atoms with Gasteiger partial charge in [0.05, 0.1) is 6.54 Å². The van der Waals surface area contributed by atoms with E-state index in [9.17, 15) is 9.59 Å². The second-order valence-corrected chi connectivity index (χ2v) is 8.72. The summed E-state index contributed by atoms with van der Waals surface area (Å²) in [7, 11) is 0. The van der Waals surface area contributed by atoms with Gasteiger partial charge in [-0.3, -0.25) is 9.69 Å². The molecule has 0 saturated heterocycles. The van der Waals surface area contributed by atoms with E-state index in [4.69, 9.17) is 14.2 Å². The molecule has 2 amide bonds. The van der Waals surface area contributed by atoms with Crippen molar-refractivity contribution in [2.75, 3.05) is 18.2 Å². The summed E-state index contributed by atoms with van der Waals surface area (Å²) in [5.74, 6) is 1.12. The van der Waals surface area contributed by atoms with Gasteiger partial charge in [0.15, 0.2) is 11.5 Å². The minimum Gasteiger partial charge on any atom is -0.454 e. The molecule has 2 aromatic carbocycles. The number of hydrogen-bond donors (Lipinski definition) is 0. The molecule has 2 aliphatic rings. The van der Waals surface area contributed by atoms with Gasteiger partial charge in [0.25, 0.3) is 0 Å². The average Bonchev–Trinajstić information content (AvgIpc) is 3.20. The van der Waals surface area contributed by atoms with Crippen LogP contribution in [0.15, 0.2) is 42.5 Å². The van der Waals surface area contributed by atoms with E-state index >= 15 is 0 Å². The summed E-state index contributed by atoms with van der Waals surface area (Å²) in [5.41, 5.74) is 2.16. The smallest absolute Gasteiger partial charge is 0.411 e. The van der Waals surface area contributed by atoms with Crippen LogP contribution in [0.4, 0.5) is 10.5 Å². The maximum Gasteiger partial charge on any atom is 0.411 e. The van der Waals surface area contributed by atoms with Gasteiger partial charge in [0, 0.05) is 24.7 Å². The standard InChI is InChI=1S/C24H28N2O5/c1-5-25(18-10-11-20-21(13-18)30-15-29-20)22(27)19-12-16-8-6-7-9-17(16)14-26(19)23(28)31-24(2,3)4/h6-11,13,19H,5,12,14-15H2,1-4H3. The molecule has 164 valence electrons. The molecule has 7 nitrogen and oxygen atoms in total. The zero-order valence-electron chi connectivity index (χ0n) is 18.4. The van der Waals surface area contributed by atoms with Crippen LogP contribution in [0.1, 0.15) is 38.8 Å². The van der Waals surface area contributed by atoms with Crippen LogP contribution in [0, 0.1) is 0 Å². The third kappa shape index (κ3) is 4.31. The number of rotatable bonds is 3. The first-order chi connectivity index (χ1) is 14.8. The Hall–Kier alpha value is -3.22. The molecule has 1 unspecified atom stereocenters. The van der Waals surface area contributed by atoms with E-state index in [1.165, 1.54) is 0 Å². The third-order valence-electron chi connectivity index (χ3n) is 5.41. The molecule has 4 rings (SSSR count). The van der Waals surface area contributed by atoms with E-state index < -0.39 is 17.7 Å². The Morgan fingerprint density at radius 3 is 2.52 bits per heavy atom. The van der Waals surface area contributed by atoms with Gasteiger partial charge in [-0.15, -0.1) is 0 Å². The lowest BCUT2D eigenvalue weighted by Crippen LogP contribution is -2.54. The molecule has 2 aliphatic heterocycles. The van der Waals surface area contributed by atoms with Crippen LogP contribution in [-0.4, -0.2) is 41.9 Å². The molecule has 0 aliphatic carbocycles. The summed E-state index contributed by atoms with van der Waals surface area (Å²) < 4.78 is 16.5. The van der Waals surface area contributed by atoms with E-state index in [1.54, 1.807) is 21.9 Å². The molecule has 2 heterocycles. The fourth-order valence-electron chi connectivity index (χ4n) is 3.95. The first-order valence-electron chi connectivity index (χ1n) is 10.5. The number of fused-ring (bicyclic) bond motifs is 2. The van der Waals surface area contributed by atoms with Crippen LogP contribution in [0.3, 0.4) is 0 Å². The first kappa shape index (κ1) is 21.0. The molecule has 0 saturated carbocycles. The number of nitrogens with zero attached hydrogens (tertiary/aromatic N) is 2. The summed E-state index contributed by atoms with van der Waals surface area (Å²) in [5, 5.41) is 0. The molecule has 0 N–H and O–H groups in total. The van der Waals surface area contributed by atoms with Gasteiger partial charge in [0.1, 0.15) is 11.6 Å². The summed E-state index contributed by atoms with van der Waals surface area (Å²) in [6.45, 7) is 8.35. The Morgan fingerprint density at radius 2 is 1.81 bits per heavy atom. The number of hydrogen-bond acceptors (Lipinski definition) is 5. The molecular formula is C24H28N2O5. The van der Waals surface area contributed by atoms with Gasteiger partial charge in [-0.1, -0.05) is 24.3 Å². The quantitative estimate of drug-likeness (QED) is 0.741. The van der Waals surface area contributed by atoms with Crippen molar-refractivity contribution in [2.45, 2.75) is 52.3 Å². The van der Waals surface area contributed by atoms with E-state index in [1.807, 2.05) is 58.0 Å². The molecular weight excluding hydrogens is 396 g/mol. The second kappa shape index (κ2) is 8.13. The largest absolute Gasteiger partial charge is 0.454 e. The Balaban J connectivity index is 1.66. The molecule has 31 heavy (non-hydrogen) atoms. The highest BCUT2D eigenvalue weighted by Gasteiger charge is 2.39. The molecule has 0 spiro atoms. The summed E-state index contributed by atoms with van der Waals surface area (Å²) in [6, 6.07) is 12.7. The van der Waals surface area contributed by atoms with E-state index in [2.05, 4.69) is 0 Å². The van der Waals surface area contributed by atoms with Crippen LogP contribution >= 0.6 is 0 Å². The van der Waals surface area contributed by atoms with Gasteiger partial charge < -0.3 is 19.1 Å². The van der Waals surface area contributed by atoms with E-state index in [0.29, 0.717) is 36.7 Å². The van der Waals surface area contributed by atoms with Crippen LogP contribution in [0.5, 0.6) is 11.5 Å². The van der Waals surface area contributed by atoms with Crippen molar-refractivity contribution in [2.24, 2.45) is 0 Å². The lowest BCUT2D eigenvalue weighted by atomic mass is 9.93. The number of ether oxygens (including phenoxy) is 3. The monoisotopic (exact) mass is 424 g/mol. The highest BCUT2D eigenvalue weighted by molar-refractivity contribution is 5.99. The van der Waals surface area contributed by atoms with Crippen molar-refractivity contribution < 1.29 is 23.8 Å². The maximum absolute atomic E-state index is 13.7. The van der Waals surface area contributed by atoms with Crippen molar-refractivity contribution in [3.05, 3.63) is 53.6 Å². The van der Waals surface area contributed by atoms with Crippen molar-refractivity contribution in [3.63, 3.8) is 0 Å². The topological polar surface area (TPSA) is 68.3 Å². The van der Waals surface area contributed by atoms with Crippen LogP contribution < -0.4 is 14.4 Å². The fraction of sp³-hybridized carbons (Fsp3) is 0.417. The molecule has 2 aromatic rings. The fourth-order valence-corrected chi connectivity index (χ4v) is 3.95. The number of benzene rings is 2. The van der Waals surface area contributed by atoms with Crippen LogP contribution in [-0.2, 0) is 22.5 Å². The SMILES string of the molecule is CCN(C(=O)C1Cc2ccccc2CN1C(=O)OC(C)(C)C)c1ccc2c(c1)OCO2. The molecule has 7 heteroatoms. The maximum atomic E-state index is 13.7. The van der Waals surface area contributed by atoms with Gasteiger partial charge in [-0.05, 0) is 51.0 Å². The zero-order chi connectivity index (χ0) is 22.2. The van der Waals surface area contributed by atoms with Gasteiger partial charge in [0.2, 0.25) is 12.7 Å². The second-order valence-electron chi connectivity index (χ2n) is 8.72. The Kier molecular flexibility index (Phi) is 5.52. The summed E-state index contributed by atoms with van der Waals surface area (Å²) in [4.78, 5) is 30.0. The van der Waals surface area contributed by atoms with Gasteiger partial charge in [-0.2, -0.15) is 0 Å². The normalized spacial score (nSPS) is 17.2. The van der Waals surface area contributed by atoms with Crippen molar-refractivity contribution in [1.82, 2.24) is 4.90 Å². The lowest BCUT2D eigenvalue weighted by Gasteiger charge is -2.39. The van der Waals surface area contributed by atoms with Crippen molar-refractivity contribution in [1.29, 1.82) is 0 Å². The van der Waals surface area contributed by atoms with Crippen LogP contribution in [0.25, 0.3) is 0 Å². The minimum absolute atomic E-state index is 0.151. The summed E-state index contributed by atoms with van der Waals surface area (Å²) in [6.07, 6.45) is -0.0444. The predicted molar refractivity (Wildman–Crippen MR) is 116 cm³/mol. The van der Waals surface area contributed by atoms with E-state index in [-0.39, 0.29) is 12.7 Å². The Morgan fingerprint density at radius 1 is 1.10 bits per heavy atom. The molecule has 0 aromatic heterocycles. The molecule has 0 radical (unpaired) electrons. The van der Waals surface area contributed by atoms with Gasteiger partial charge >= 0.3 is 6.09 Å². The highest BCUT2D eigenvalue weighted by Crippen LogP contribution is 2.36. The average molecular weight is 424 g/mol. The van der Waals surface area contributed by atoms with Crippen LogP contribution in [0.2, 0.25) is 0 Å². The first-order valence-corrected chi connectivity index (χ1v) is 10.5. The van der Waals surface area contributed by atoms with Crippen molar-refractivity contribution in [3.8, 4) is 11.5 Å².